The van der Waals surface area contributed by atoms with Crippen LogP contribution in [0.4, 0.5) is 14.7 Å². The van der Waals surface area contributed by atoms with Crippen LogP contribution in [0.1, 0.15) is 42.4 Å². The van der Waals surface area contributed by atoms with Crippen LogP contribution in [0, 0.1) is 18.6 Å². The Hall–Kier alpha value is -3.50. The molecule has 2 aromatic carbocycles. The van der Waals surface area contributed by atoms with Gasteiger partial charge < -0.3 is 11.1 Å². The van der Waals surface area contributed by atoms with Crippen LogP contribution < -0.4 is 11.1 Å². The molecule has 5 rings (SSSR count). The predicted molar refractivity (Wildman–Crippen MR) is 144 cm³/mol. The standard InChI is InChI=1S/C28H29F2N5O2S/c1-17-12-25(34-26-14-32-28(35-27(17)26)33-23-10-8-22(31)9-11-23)19-4-5-20(24(30)13-19)16-38(36,37)15-18-2-6-21(29)7-3-18/h2-7,12-14,22-23H,8-11,15-16,31H2,1H3,(H,32,33,35). The zero-order valence-electron chi connectivity index (χ0n) is 21.0. The minimum Gasteiger partial charge on any atom is -0.351 e. The van der Waals surface area contributed by atoms with Gasteiger partial charge in [0.25, 0.3) is 0 Å². The quantitative estimate of drug-likeness (QED) is 0.338. The zero-order valence-corrected chi connectivity index (χ0v) is 21.8. The van der Waals surface area contributed by atoms with Crippen LogP contribution in [0.3, 0.4) is 0 Å². The Morgan fingerprint density at radius 2 is 1.71 bits per heavy atom. The van der Waals surface area contributed by atoms with Gasteiger partial charge in [-0.15, -0.1) is 0 Å². The Morgan fingerprint density at radius 3 is 2.42 bits per heavy atom. The smallest absolute Gasteiger partial charge is 0.223 e. The van der Waals surface area contributed by atoms with E-state index in [1.165, 1.54) is 36.4 Å². The monoisotopic (exact) mass is 537 g/mol. The maximum Gasteiger partial charge on any atom is 0.223 e. The summed E-state index contributed by atoms with van der Waals surface area (Å²) in [6.45, 7) is 1.91. The maximum absolute atomic E-state index is 15.0. The molecule has 1 saturated carbocycles. The van der Waals surface area contributed by atoms with E-state index in [0.29, 0.717) is 39.8 Å². The lowest BCUT2D eigenvalue weighted by Gasteiger charge is -2.26. The van der Waals surface area contributed by atoms with Gasteiger partial charge in [0, 0.05) is 23.2 Å². The largest absolute Gasteiger partial charge is 0.351 e. The van der Waals surface area contributed by atoms with Crippen molar-refractivity contribution in [3.8, 4) is 11.3 Å². The molecule has 7 nitrogen and oxygen atoms in total. The highest BCUT2D eigenvalue weighted by molar-refractivity contribution is 7.89. The van der Waals surface area contributed by atoms with Crippen molar-refractivity contribution in [2.75, 3.05) is 5.32 Å². The normalized spacial score (nSPS) is 18.0. The molecule has 2 aromatic heterocycles. The number of pyridine rings is 1. The van der Waals surface area contributed by atoms with Crippen molar-refractivity contribution in [1.82, 2.24) is 15.0 Å². The summed E-state index contributed by atoms with van der Waals surface area (Å²) in [5.74, 6) is -1.29. The number of hydrogen-bond acceptors (Lipinski definition) is 7. The van der Waals surface area contributed by atoms with Crippen LogP contribution in [-0.4, -0.2) is 35.5 Å². The van der Waals surface area contributed by atoms with E-state index in [2.05, 4.69) is 20.3 Å². The number of benzene rings is 2. The highest BCUT2D eigenvalue weighted by Gasteiger charge is 2.20. The SMILES string of the molecule is Cc1cc(-c2ccc(CS(=O)(=O)Cc3ccc(F)cc3)c(F)c2)nc2cnc(NC3CCC(N)CC3)nc12. The molecule has 0 aliphatic heterocycles. The molecule has 1 aliphatic carbocycles. The van der Waals surface area contributed by atoms with Crippen LogP contribution in [-0.2, 0) is 21.3 Å². The topological polar surface area (TPSA) is 111 Å². The number of halogens is 2. The Morgan fingerprint density at radius 1 is 0.974 bits per heavy atom. The Bertz CT molecular complexity index is 1570. The molecule has 2 heterocycles. The molecule has 0 atom stereocenters. The van der Waals surface area contributed by atoms with Crippen LogP contribution in [0.5, 0.6) is 0 Å². The third-order valence-electron chi connectivity index (χ3n) is 6.87. The van der Waals surface area contributed by atoms with Crippen molar-refractivity contribution in [1.29, 1.82) is 0 Å². The Labute approximate surface area is 220 Å². The second-order valence-corrected chi connectivity index (χ2v) is 12.0. The summed E-state index contributed by atoms with van der Waals surface area (Å²) in [4.78, 5) is 13.7. The Balaban J connectivity index is 1.33. The lowest BCUT2D eigenvalue weighted by molar-refractivity contribution is 0.410. The molecule has 38 heavy (non-hydrogen) atoms. The van der Waals surface area contributed by atoms with Gasteiger partial charge in [0.05, 0.1) is 28.9 Å². The number of nitrogens with one attached hydrogen (secondary N) is 1. The summed E-state index contributed by atoms with van der Waals surface area (Å²) in [7, 11) is -3.66. The average molecular weight is 538 g/mol. The number of sulfone groups is 1. The summed E-state index contributed by atoms with van der Waals surface area (Å²) in [6, 6.07) is 12.0. The second-order valence-electron chi connectivity index (χ2n) is 9.97. The minimum atomic E-state index is -3.66. The van der Waals surface area contributed by atoms with Crippen molar-refractivity contribution in [2.24, 2.45) is 5.73 Å². The van der Waals surface area contributed by atoms with Crippen LogP contribution >= 0.6 is 0 Å². The molecule has 0 amide bonds. The first-order valence-electron chi connectivity index (χ1n) is 12.6. The van der Waals surface area contributed by atoms with Gasteiger partial charge in [-0.2, -0.15) is 0 Å². The number of rotatable bonds is 7. The van der Waals surface area contributed by atoms with E-state index in [4.69, 9.17) is 5.73 Å². The predicted octanol–water partition coefficient (Wildman–Crippen LogP) is 5.08. The first kappa shape index (κ1) is 26.1. The molecule has 0 spiro atoms. The fraction of sp³-hybridized carbons (Fsp3) is 0.321. The van der Waals surface area contributed by atoms with Crippen LogP contribution in [0.15, 0.2) is 54.7 Å². The van der Waals surface area contributed by atoms with E-state index in [1.54, 1.807) is 12.3 Å². The van der Waals surface area contributed by atoms with Gasteiger partial charge in [0.2, 0.25) is 5.95 Å². The van der Waals surface area contributed by atoms with Crippen molar-refractivity contribution in [2.45, 2.75) is 56.2 Å². The molecular weight excluding hydrogens is 508 g/mol. The molecular formula is C28H29F2N5O2S. The molecule has 0 unspecified atom stereocenters. The maximum atomic E-state index is 15.0. The summed E-state index contributed by atoms with van der Waals surface area (Å²) in [5, 5.41) is 3.40. The number of fused-ring (bicyclic) bond motifs is 1. The van der Waals surface area contributed by atoms with E-state index in [9.17, 15) is 17.2 Å². The lowest BCUT2D eigenvalue weighted by Crippen LogP contribution is -2.33. The molecule has 0 saturated heterocycles. The molecule has 1 fully saturated rings. The zero-order chi connectivity index (χ0) is 26.9. The third-order valence-corrected chi connectivity index (χ3v) is 8.39. The molecule has 0 bridgehead atoms. The minimum absolute atomic E-state index is 0.0658. The number of anilines is 1. The number of aromatic nitrogens is 3. The summed E-state index contributed by atoms with van der Waals surface area (Å²) < 4.78 is 53.3. The molecule has 198 valence electrons. The lowest BCUT2D eigenvalue weighted by atomic mass is 9.92. The summed E-state index contributed by atoms with van der Waals surface area (Å²) in [5.41, 5.74) is 9.74. The van der Waals surface area contributed by atoms with E-state index in [-0.39, 0.29) is 17.4 Å². The molecule has 1 aliphatic rings. The number of aryl methyl sites for hydroxylation is 1. The number of hydrogen-bond donors (Lipinski definition) is 2. The van der Waals surface area contributed by atoms with Crippen molar-refractivity contribution in [3.05, 3.63) is 83.1 Å². The second kappa shape index (κ2) is 10.7. The van der Waals surface area contributed by atoms with Crippen molar-refractivity contribution < 1.29 is 17.2 Å². The number of nitrogens with zero attached hydrogens (tertiary/aromatic N) is 3. The van der Waals surface area contributed by atoms with E-state index >= 15 is 0 Å². The summed E-state index contributed by atoms with van der Waals surface area (Å²) in [6.07, 6.45) is 5.57. The average Bonchev–Trinajstić information content (AvgIpc) is 2.88. The van der Waals surface area contributed by atoms with Crippen LogP contribution in [0.2, 0.25) is 0 Å². The van der Waals surface area contributed by atoms with E-state index in [1.807, 2.05) is 13.0 Å². The van der Waals surface area contributed by atoms with E-state index in [0.717, 1.165) is 31.2 Å². The molecule has 3 N–H and O–H groups in total. The first-order chi connectivity index (χ1) is 18.1. The molecule has 10 heteroatoms. The summed E-state index contributed by atoms with van der Waals surface area (Å²) >= 11 is 0. The third kappa shape index (κ3) is 6.14. The fourth-order valence-corrected chi connectivity index (χ4v) is 6.30. The van der Waals surface area contributed by atoms with Crippen molar-refractivity contribution in [3.63, 3.8) is 0 Å². The van der Waals surface area contributed by atoms with Gasteiger partial charge in [-0.1, -0.05) is 24.3 Å². The van der Waals surface area contributed by atoms with Crippen molar-refractivity contribution >= 4 is 26.8 Å². The molecule has 4 aromatic rings. The highest BCUT2D eigenvalue weighted by Crippen LogP contribution is 2.27. The van der Waals surface area contributed by atoms with E-state index < -0.39 is 27.2 Å². The van der Waals surface area contributed by atoms with Gasteiger partial charge in [-0.25, -0.2) is 32.2 Å². The highest BCUT2D eigenvalue weighted by atomic mass is 32.2. The fourth-order valence-electron chi connectivity index (χ4n) is 4.79. The van der Waals surface area contributed by atoms with Gasteiger partial charge in [-0.3, -0.25) is 0 Å². The van der Waals surface area contributed by atoms with Crippen LogP contribution in [0.25, 0.3) is 22.3 Å². The number of nitrogens with two attached hydrogens (primary N) is 1. The first-order valence-corrected chi connectivity index (χ1v) is 14.4. The molecule has 0 radical (unpaired) electrons. The van der Waals surface area contributed by atoms with Gasteiger partial charge in [0.1, 0.15) is 17.2 Å². The van der Waals surface area contributed by atoms with Gasteiger partial charge in [-0.05, 0) is 68.0 Å². The Kier molecular flexibility index (Phi) is 7.36. The van der Waals surface area contributed by atoms with Gasteiger partial charge in [0.15, 0.2) is 9.84 Å². The van der Waals surface area contributed by atoms with Gasteiger partial charge >= 0.3 is 0 Å².